The Morgan fingerprint density at radius 1 is 1.28 bits per heavy atom. The van der Waals surface area contributed by atoms with Gasteiger partial charge in [0.25, 0.3) is 0 Å². The molecule has 2 N–H and O–H groups in total. The first-order chi connectivity index (χ1) is 8.74. The van der Waals surface area contributed by atoms with Crippen molar-refractivity contribution in [1.29, 1.82) is 0 Å². The molecule has 98 valence electrons. The molecule has 0 atom stereocenters. The molecule has 18 heavy (non-hydrogen) atoms. The predicted octanol–water partition coefficient (Wildman–Crippen LogP) is 0.822. The van der Waals surface area contributed by atoms with Crippen molar-refractivity contribution in [3.05, 3.63) is 35.9 Å². The van der Waals surface area contributed by atoms with Gasteiger partial charge in [0.15, 0.2) is 5.79 Å². The fourth-order valence-corrected chi connectivity index (χ4v) is 1.80. The van der Waals surface area contributed by atoms with Gasteiger partial charge < -0.3 is 19.9 Å². The Morgan fingerprint density at radius 2 is 1.94 bits per heavy atom. The maximum atomic E-state index is 11.7. The van der Waals surface area contributed by atoms with Crippen LogP contribution in [0.3, 0.4) is 0 Å². The Kier molecular flexibility index (Phi) is 4.30. The van der Waals surface area contributed by atoms with Crippen LogP contribution >= 0.6 is 0 Å². The summed E-state index contributed by atoms with van der Waals surface area (Å²) in [6, 6.07) is 9.50. The molecule has 0 aliphatic carbocycles. The predicted molar refractivity (Wildman–Crippen MR) is 64.5 cm³/mol. The van der Waals surface area contributed by atoms with Crippen molar-refractivity contribution in [1.82, 2.24) is 0 Å². The molecule has 1 heterocycles. The van der Waals surface area contributed by atoms with Gasteiger partial charge in [0.2, 0.25) is 0 Å². The van der Waals surface area contributed by atoms with Gasteiger partial charge >= 0.3 is 5.97 Å². The summed E-state index contributed by atoms with van der Waals surface area (Å²) < 4.78 is 15.9. The van der Waals surface area contributed by atoms with Crippen molar-refractivity contribution in [2.24, 2.45) is 5.73 Å². The zero-order valence-electron chi connectivity index (χ0n) is 10.1. The third kappa shape index (κ3) is 3.29. The topological polar surface area (TPSA) is 70.8 Å². The zero-order valence-corrected chi connectivity index (χ0v) is 10.1. The van der Waals surface area contributed by atoms with Crippen LogP contribution in [0.25, 0.3) is 0 Å². The van der Waals surface area contributed by atoms with Gasteiger partial charge in [0, 0.05) is 6.54 Å². The summed E-state index contributed by atoms with van der Waals surface area (Å²) in [4.78, 5) is 11.7. The molecule has 1 fully saturated rings. The maximum absolute atomic E-state index is 11.7. The SMILES string of the molecule is NCC1(CC(=O)OCc2ccccc2)OCCO1. The van der Waals surface area contributed by atoms with Crippen LogP contribution in [0.2, 0.25) is 0 Å². The lowest BCUT2D eigenvalue weighted by Crippen LogP contribution is -2.41. The summed E-state index contributed by atoms with van der Waals surface area (Å²) in [5.41, 5.74) is 6.51. The standard InChI is InChI=1S/C13H17NO4/c14-10-13(17-6-7-18-13)8-12(15)16-9-11-4-2-1-3-5-11/h1-5H,6-10,14H2. The number of carbonyl (C=O) groups excluding carboxylic acids is 1. The fraction of sp³-hybridized carbons (Fsp3) is 0.462. The second kappa shape index (κ2) is 5.95. The molecule has 0 spiro atoms. The molecular weight excluding hydrogens is 234 g/mol. The van der Waals surface area contributed by atoms with E-state index in [0.29, 0.717) is 13.2 Å². The Hall–Kier alpha value is -1.43. The minimum Gasteiger partial charge on any atom is -0.461 e. The van der Waals surface area contributed by atoms with E-state index in [-0.39, 0.29) is 25.5 Å². The highest BCUT2D eigenvalue weighted by Crippen LogP contribution is 2.22. The lowest BCUT2D eigenvalue weighted by molar-refractivity contribution is -0.179. The minimum atomic E-state index is -0.992. The molecule has 1 aromatic carbocycles. The van der Waals surface area contributed by atoms with Crippen molar-refractivity contribution < 1.29 is 19.0 Å². The van der Waals surface area contributed by atoms with Gasteiger partial charge in [-0.15, -0.1) is 0 Å². The first kappa shape index (κ1) is 13.0. The molecule has 0 bridgehead atoms. The molecule has 1 aliphatic rings. The molecule has 5 nitrogen and oxygen atoms in total. The maximum Gasteiger partial charge on any atom is 0.311 e. The highest BCUT2D eigenvalue weighted by molar-refractivity contribution is 5.70. The normalized spacial score (nSPS) is 17.6. The summed E-state index contributed by atoms with van der Waals surface area (Å²) in [5.74, 6) is -1.36. The number of esters is 1. The van der Waals surface area contributed by atoms with Gasteiger partial charge in [-0.25, -0.2) is 0 Å². The molecule has 0 radical (unpaired) electrons. The summed E-state index contributed by atoms with van der Waals surface area (Å²) in [5, 5.41) is 0. The quantitative estimate of drug-likeness (QED) is 0.784. The number of rotatable bonds is 5. The molecule has 0 saturated carbocycles. The monoisotopic (exact) mass is 251 g/mol. The Labute approximate surface area is 106 Å². The number of carbonyl (C=O) groups is 1. The summed E-state index contributed by atoms with van der Waals surface area (Å²) >= 11 is 0. The second-order valence-electron chi connectivity index (χ2n) is 4.13. The van der Waals surface area contributed by atoms with Crippen molar-refractivity contribution in [3.8, 4) is 0 Å². The molecule has 0 aromatic heterocycles. The van der Waals surface area contributed by atoms with Crippen LogP contribution in [0.15, 0.2) is 30.3 Å². The number of hydrogen-bond acceptors (Lipinski definition) is 5. The molecule has 5 heteroatoms. The Bertz CT molecular complexity index is 387. The highest BCUT2D eigenvalue weighted by Gasteiger charge is 2.38. The van der Waals surface area contributed by atoms with Crippen LogP contribution in [-0.2, 0) is 25.6 Å². The lowest BCUT2D eigenvalue weighted by Gasteiger charge is -2.24. The fourth-order valence-electron chi connectivity index (χ4n) is 1.80. The average Bonchev–Trinajstić information content (AvgIpc) is 2.87. The number of ether oxygens (including phenoxy) is 3. The van der Waals surface area contributed by atoms with Gasteiger partial charge in [0.1, 0.15) is 13.0 Å². The molecule has 1 aromatic rings. The third-order valence-electron chi connectivity index (χ3n) is 2.78. The van der Waals surface area contributed by atoms with Crippen molar-refractivity contribution >= 4 is 5.97 Å². The van der Waals surface area contributed by atoms with Gasteiger partial charge in [-0.05, 0) is 5.56 Å². The van der Waals surface area contributed by atoms with Crippen LogP contribution in [0.4, 0.5) is 0 Å². The highest BCUT2D eigenvalue weighted by atomic mass is 16.7. The number of benzene rings is 1. The van der Waals surface area contributed by atoms with Crippen LogP contribution in [0.5, 0.6) is 0 Å². The number of hydrogen-bond donors (Lipinski definition) is 1. The van der Waals surface area contributed by atoms with Crippen LogP contribution in [0.1, 0.15) is 12.0 Å². The van der Waals surface area contributed by atoms with E-state index in [1.165, 1.54) is 0 Å². The van der Waals surface area contributed by atoms with Gasteiger partial charge in [-0.1, -0.05) is 30.3 Å². The minimum absolute atomic E-state index is 0.0241. The van der Waals surface area contributed by atoms with Crippen LogP contribution in [0, 0.1) is 0 Å². The van der Waals surface area contributed by atoms with E-state index in [2.05, 4.69) is 0 Å². The average molecular weight is 251 g/mol. The van der Waals surface area contributed by atoms with Gasteiger partial charge in [0.05, 0.1) is 13.2 Å². The van der Waals surface area contributed by atoms with E-state index in [0.717, 1.165) is 5.56 Å². The molecular formula is C13H17NO4. The summed E-state index contributed by atoms with van der Waals surface area (Å²) in [7, 11) is 0. The molecule has 0 unspecified atom stereocenters. The Balaban J connectivity index is 1.82. The molecule has 1 saturated heterocycles. The van der Waals surface area contributed by atoms with E-state index in [9.17, 15) is 4.79 Å². The van der Waals surface area contributed by atoms with E-state index >= 15 is 0 Å². The number of nitrogens with two attached hydrogens (primary N) is 1. The molecule has 2 rings (SSSR count). The summed E-state index contributed by atoms with van der Waals surface area (Å²) in [6.45, 7) is 1.32. The smallest absolute Gasteiger partial charge is 0.311 e. The first-order valence-electron chi connectivity index (χ1n) is 5.92. The van der Waals surface area contributed by atoms with Gasteiger partial charge in [-0.3, -0.25) is 4.79 Å². The van der Waals surface area contributed by atoms with Crippen molar-refractivity contribution in [2.75, 3.05) is 19.8 Å². The van der Waals surface area contributed by atoms with Crippen molar-refractivity contribution in [2.45, 2.75) is 18.8 Å². The Morgan fingerprint density at radius 3 is 2.56 bits per heavy atom. The van der Waals surface area contributed by atoms with Gasteiger partial charge in [-0.2, -0.15) is 0 Å². The third-order valence-corrected chi connectivity index (χ3v) is 2.78. The second-order valence-corrected chi connectivity index (χ2v) is 4.13. The van der Waals surface area contributed by atoms with Crippen LogP contribution < -0.4 is 5.73 Å². The van der Waals surface area contributed by atoms with E-state index in [1.54, 1.807) is 0 Å². The summed E-state index contributed by atoms with van der Waals surface area (Å²) in [6.07, 6.45) is 0.0241. The lowest BCUT2D eigenvalue weighted by atomic mass is 10.2. The molecule has 1 aliphatic heterocycles. The van der Waals surface area contributed by atoms with Crippen molar-refractivity contribution in [3.63, 3.8) is 0 Å². The van der Waals surface area contributed by atoms with Crippen LogP contribution in [-0.4, -0.2) is 31.5 Å². The van der Waals surface area contributed by atoms with E-state index in [1.807, 2.05) is 30.3 Å². The zero-order chi connectivity index (χ0) is 12.8. The van der Waals surface area contributed by atoms with E-state index in [4.69, 9.17) is 19.9 Å². The molecule has 0 amide bonds. The largest absolute Gasteiger partial charge is 0.461 e. The first-order valence-corrected chi connectivity index (χ1v) is 5.92. The van der Waals surface area contributed by atoms with E-state index < -0.39 is 5.79 Å².